The SMILES string of the molecule is COc1cc(N)c(Cl)cc1C(=O)N[C@@H]1CCN(CCC(C)CCC(=O)NCCCCCCCC(=O)O)C(OC)C1. The number of nitrogens with one attached hydrogen (secondary N) is 2. The molecule has 1 aliphatic heterocycles. The molecule has 0 spiro atoms. The van der Waals surface area contributed by atoms with Gasteiger partial charge >= 0.3 is 5.97 Å². The van der Waals surface area contributed by atoms with Gasteiger partial charge in [0.15, 0.2) is 0 Å². The van der Waals surface area contributed by atoms with Gasteiger partial charge in [0.1, 0.15) is 12.0 Å². The number of hydrogen-bond donors (Lipinski definition) is 4. The molecule has 2 amide bonds. The van der Waals surface area contributed by atoms with E-state index < -0.39 is 5.97 Å². The molecule has 1 heterocycles. The van der Waals surface area contributed by atoms with E-state index >= 15 is 0 Å². The molecule has 1 aromatic carbocycles. The molecule has 0 aromatic heterocycles. The number of unbranched alkanes of at least 4 members (excludes halogenated alkanes) is 4. The van der Waals surface area contributed by atoms with Crippen LogP contribution in [0.1, 0.15) is 87.9 Å². The summed E-state index contributed by atoms with van der Waals surface area (Å²) in [5, 5.41) is 15.0. The zero-order valence-corrected chi connectivity index (χ0v) is 24.9. The molecule has 0 aliphatic carbocycles. The molecule has 1 saturated heterocycles. The third-order valence-corrected chi connectivity index (χ3v) is 7.82. The number of benzene rings is 1. The number of aliphatic carboxylic acids is 1. The number of methoxy groups -OCH3 is 2. The van der Waals surface area contributed by atoms with E-state index in [2.05, 4.69) is 22.5 Å². The summed E-state index contributed by atoms with van der Waals surface area (Å²) < 4.78 is 11.1. The first-order chi connectivity index (χ1) is 19.1. The van der Waals surface area contributed by atoms with Crippen LogP contribution in [0.3, 0.4) is 0 Å². The molecule has 1 aliphatic rings. The van der Waals surface area contributed by atoms with E-state index in [0.29, 0.717) is 47.3 Å². The molecule has 1 fully saturated rings. The molecule has 0 saturated carbocycles. The summed E-state index contributed by atoms with van der Waals surface area (Å²) in [5.41, 5.74) is 6.54. The number of amides is 2. The first kappa shape index (κ1) is 33.6. The highest BCUT2D eigenvalue weighted by Crippen LogP contribution is 2.29. The molecule has 10 nitrogen and oxygen atoms in total. The molecule has 5 N–H and O–H groups in total. The van der Waals surface area contributed by atoms with Crippen molar-refractivity contribution in [1.82, 2.24) is 15.5 Å². The molecule has 226 valence electrons. The number of nitrogen functional groups attached to an aromatic ring is 1. The number of carboxylic acid groups (broad SMARTS) is 1. The number of anilines is 1. The Morgan fingerprint density at radius 1 is 1.12 bits per heavy atom. The summed E-state index contributed by atoms with van der Waals surface area (Å²) in [4.78, 5) is 37.9. The van der Waals surface area contributed by atoms with Crippen LogP contribution in [0.5, 0.6) is 5.75 Å². The monoisotopic (exact) mass is 582 g/mol. The highest BCUT2D eigenvalue weighted by Gasteiger charge is 2.30. The van der Waals surface area contributed by atoms with Crippen molar-refractivity contribution < 1.29 is 29.0 Å². The number of rotatable bonds is 18. The third-order valence-electron chi connectivity index (χ3n) is 7.49. The van der Waals surface area contributed by atoms with Gasteiger partial charge in [-0.1, -0.05) is 37.8 Å². The zero-order valence-electron chi connectivity index (χ0n) is 24.2. The molecular formula is C29H47ClN4O6. The zero-order chi connectivity index (χ0) is 29.5. The summed E-state index contributed by atoms with van der Waals surface area (Å²) in [7, 11) is 3.18. The molecular weight excluding hydrogens is 536 g/mol. The number of nitrogens with two attached hydrogens (primary N) is 1. The summed E-state index contributed by atoms with van der Waals surface area (Å²) in [6.07, 6.45) is 8.46. The fourth-order valence-electron chi connectivity index (χ4n) is 4.94. The largest absolute Gasteiger partial charge is 0.496 e. The summed E-state index contributed by atoms with van der Waals surface area (Å²) >= 11 is 6.13. The predicted molar refractivity (Wildman–Crippen MR) is 157 cm³/mol. The van der Waals surface area contributed by atoms with Gasteiger partial charge in [0, 0.05) is 58.1 Å². The lowest BCUT2D eigenvalue weighted by Crippen LogP contribution is -2.51. The van der Waals surface area contributed by atoms with Crippen LogP contribution in [0.2, 0.25) is 5.02 Å². The van der Waals surface area contributed by atoms with Crippen LogP contribution in [0, 0.1) is 5.92 Å². The maximum atomic E-state index is 12.9. The van der Waals surface area contributed by atoms with Crippen molar-refractivity contribution in [3.8, 4) is 5.75 Å². The highest BCUT2D eigenvalue weighted by molar-refractivity contribution is 6.33. The van der Waals surface area contributed by atoms with Gasteiger partial charge in [-0.25, -0.2) is 0 Å². The number of ether oxygens (including phenoxy) is 2. The van der Waals surface area contributed by atoms with Crippen LogP contribution in [0.15, 0.2) is 12.1 Å². The molecule has 3 atom stereocenters. The number of carbonyl (C=O) groups is 3. The van der Waals surface area contributed by atoms with Crippen LogP contribution in [0.25, 0.3) is 0 Å². The lowest BCUT2D eigenvalue weighted by Gasteiger charge is -2.39. The van der Waals surface area contributed by atoms with Gasteiger partial charge in [-0.3, -0.25) is 19.3 Å². The molecule has 2 rings (SSSR count). The van der Waals surface area contributed by atoms with Crippen molar-refractivity contribution >= 4 is 35.1 Å². The lowest BCUT2D eigenvalue weighted by molar-refractivity contribution is -0.137. The lowest BCUT2D eigenvalue weighted by atomic mass is 9.98. The number of carbonyl (C=O) groups excluding carboxylic acids is 2. The standard InChI is InChI=1S/C29H47ClN4O6/c1-20(10-11-26(35)32-14-8-6-4-5-7-9-28(36)37)12-15-34-16-13-21(17-27(34)40-3)33-29(38)22-18-23(30)24(31)19-25(22)39-2/h18-21,27H,4-17,31H2,1-3H3,(H,32,35)(H,33,38)(H,36,37)/t20?,21-,27?/m1/s1. The van der Waals surface area contributed by atoms with E-state index in [-0.39, 0.29) is 30.5 Å². The minimum Gasteiger partial charge on any atom is -0.496 e. The second-order valence-electron chi connectivity index (χ2n) is 10.7. The average molecular weight is 583 g/mol. The van der Waals surface area contributed by atoms with Gasteiger partial charge in [0.25, 0.3) is 5.91 Å². The number of halogens is 1. The number of piperidine rings is 1. The Hall–Kier alpha value is -2.56. The Balaban J connectivity index is 1.65. The van der Waals surface area contributed by atoms with Crippen molar-refractivity contribution in [2.75, 3.05) is 39.6 Å². The van der Waals surface area contributed by atoms with Crippen LogP contribution in [-0.4, -0.2) is 73.9 Å². The van der Waals surface area contributed by atoms with Crippen molar-refractivity contribution in [1.29, 1.82) is 0 Å². The third kappa shape index (κ3) is 11.9. The Morgan fingerprint density at radius 2 is 1.85 bits per heavy atom. The first-order valence-electron chi connectivity index (χ1n) is 14.3. The molecule has 2 unspecified atom stereocenters. The van der Waals surface area contributed by atoms with Crippen molar-refractivity contribution in [2.45, 2.75) is 89.8 Å². The molecule has 0 bridgehead atoms. The smallest absolute Gasteiger partial charge is 0.303 e. The Kier molecular flexibility index (Phi) is 15.1. The van der Waals surface area contributed by atoms with Gasteiger partial charge in [0.2, 0.25) is 5.91 Å². The summed E-state index contributed by atoms with van der Waals surface area (Å²) in [6, 6.07) is 3.04. The van der Waals surface area contributed by atoms with Gasteiger partial charge in [0.05, 0.1) is 23.4 Å². The van der Waals surface area contributed by atoms with Crippen LogP contribution in [0.4, 0.5) is 5.69 Å². The quantitative estimate of drug-likeness (QED) is 0.147. The second-order valence-corrected chi connectivity index (χ2v) is 11.1. The minimum absolute atomic E-state index is 0.0411. The summed E-state index contributed by atoms with van der Waals surface area (Å²) in [6.45, 7) is 4.51. The van der Waals surface area contributed by atoms with E-state index in [0.717, 1.165) is 64.5 Å². The predicted octanol–water partition coefficient (Wildman–Crippen LogP) is 4.45. The summed E-state index contributed by atoms with van der Waals surface area (Å²) in [5.74, 6) is -0.128. The van der Waals surface area contributed by atoms with Crippen LogP contribution in [-0.2, 0) is 14.3 Å². The topological polar surface area (TPSA) is 143 Å². The van der Waals surface area contributed by atoms with E-state index in [1.165, 1.54) is 13.2 Å². The maximum Gasteiger partial charge on any atom is 0.303 e. The second kappa shape index (κ2) is 18.0. The van der Waals surface area contributed by atoms with Crippen molar-refractivity contribution in [3.05, 3.63) is 22.7 Å². The number of likely N-dealkylation sites (tertiary alicyclic amines) is 1. The van der Waals surface area contributed by atoms with Gasteiger partial charge in [-0.05, 0) is 44.1 Å². The van der Waals surface area contributed by atoms with E-state index in [1.807, 2.05) is 0 Å². The first-order valence-corrected chi connectivity index (χ1v) is 14.7. The average Bonchev–Trinajstić information content (AvgIpc) is 2.93. The Morgan fingerprint density at radius 3 is 2.55 bits per heavy atom. The van der Waals surface area contributed by atoms with Crippen LogP contribution >= 0.6 is 11.6 Å². The Bertz CT molecular complexity index is 963. The van der Waals surface area contributed by atoms with E-state index in [9.17, 15) is 14.4 Å². The number of nitrogens with zero attached hydrogens (tertiary/aromatic N) is 1. The van der Waals surface area contributed by atoms with Crippen molar-refractivity contribution in [2.24, 2.45) is 5.92 Å². The van der Waals surface area contributed by atoms with Crippen LogP contribution < -0.4 is 21.1 Å². The number of carboxylic acids is 1. The van der Waals surface area contributed by atoms with Crippen molar-refractivity contribution in [3.63, 3.8) is 0 Å². The molecule has 40 heavy (non-hydrogen) atoms. The fraction of sp³-hybridized carbons (Fsp3) is 0.690. The normalized spacial score (nSPS) is 18.2. The molecule has 1 aromatic rings. The van der Waals surface area contributed by atoms with E-state index in [4.69, 9.17) is 31.9 Å². The minimum atomic E-state index is -0.742. The maximum absolute atomic E-state index is 12.9. The van der Waals surface area contributed by atoms with Gasteiger partial charge in [-0.15, -0.1) is 0 Å². The highest BCUT2D eigenvalue weighted by atomic mass is 35.5. The van der Waals surface area contributed by atoms with Gasteiger partial charge < -0.3 is 30.9 Å². The van der Waals surface area contributed by atoms with Gasteiger partial charge in [-0.2, -0.15) is 0 Å². The molecule has 11 heteroatoms. The number of hydrogen-bond acceptors (Lipinski definition) is 7. The van der Waals surface area contributed by atoms with E-state index in [1.54, 1.807) is 13.2 Å². The fourth-order valence-corrected chi connectivity index (χ4v) is 5.11. The molecule has 0 radical (unpaired) electrons. The Labute approximate surface area is 243 Å².